The van der Waals surface area contributed by atoms with E-state index in [1.807, 2.05) is 40.1 Å². The van der Waals surface area contributed by atoms with Gasteiger partial charge in [0.25, 0.3) is 0 Å². The van der Waals surface area contributed by atoms with Crippen molar-refractivity contribution in [3.63, 3.8) is 0 Å². The van der Waals surface area contributed by atoms with Gasteiger partial charge >= 0.3 is 6.03 Å². The van der Waals surface area contributed by atoms with Crippen molar-refractivity contribution in [3.8, 4) is 0 Å². The van der Waals surface area contributed by atoms with Crippen LogP contribution in [-0.2, 0) is 11.2 Å². The molecule has 0 spiro atoms. The van der Waals surface area contributed by atoms with Gasteiger partial charge in [-0.2, -0.15) is 0 Å². The summed E-state index contributed by atoms with van der Waals surface area (Å²) in [5.74, 6) is 1.47. The van der Waals surface area contributed by atoms with Crippen molar-refractivity contribution in [1.82, 2.24) is 14.7 Å². The van der Waals surface area contributed by atoms with Gasteiger partial charge in [0.05, 0.1) is 16.5 Å². The number of anilines is 1. The first-order chi connectivity index (χ1) is 18.7. The maximum Gasteiger partial charge on any atom is 0.322 e. The molecule has 0 radical (unpaired) electrons. The van der Waals surface area contributed by atoms with E-state index in [0.717, 1.165) is 37.5 Å². The number of carbonyl (C=O) groups excluding carboxylic acids is 2. The number of halogens is 2. The highest BCUT2D eigenvalue weighted by molar-refractivity contribution is 6.42. The van der Waals surface area contributed by atoms with Crippen LogP contribution in [0.3, 0.4) is 0 Å². The molecule has 2 atom stereocenters. The lowest BCUT2D eigenvalue weighted by molar-refractivity contribution is -0.132. The fourth-order valence-corrected chi connectivity index (χ4v) is 6.57. The van der Waals surface area contributed by atoms with Crippen molar-refractivity contribution < 1.29 is 9.59 Å². The van der Waals surface area contributed by atoms with Crippen molar-refractivity contribution in [2.45, 2.75) is 33.1 Å². The van der Waals surface area contributed by atoms with Crippen LogP contribution in [0.5, 0.6) is 0 Å². The highest BCUT2D eigenvalue weighted by Gasteiger charge is 2.51. The fraction of sp³-hybridized carbons (Fsp3) is 0.484. The molecule has 208 valence electrons. The topological polar surface area (TPSA) is 55.9 Å². The average molecular weight is 570 g/mol. The summed E-state index contributed by atoms with van der Waals surface area (Å²) in [6.45, 7) is 9.76. The van der Waals surface area contributed by atoms with Crippen molar-refractivity contribution in [2.75, 3.05) is 51.1 Å². The number of nitrogens with zero attached hydrogens (tertiary/aromatic N) is 3. The molecule has 2 bridgehead atoms. The minimum atomic E-state index is -0.134. The monoisotopic (exact) mass is 568 g/mol. The zero-order valence-electron chi connectivity index (χ0n) is 22.8. The second kappa shape index (κ2) is 11.9. The number of allylic oxidation sites excluding steroid dienone is 1. The van der Waals surface area contributed by atoms with Gasteiger partial charge in [0.15, 0.2) is 0 Å². The number of carbonyl (C=O) groups is 2. The van der Waals surface area contributed by atoms with E-state index >= 15 is 0 Å². The summed E-state index contributed by atoms with van der Waals surface area (Å²) in [6.07, 6.45) is 5.12. The molecule has 39 heavy (non-hydrogen) atoms. The Bertz CT molecular complexity index is 1220. The Morgan fingerprint density at radius 2 is 1.77 bits per heavy atom. The van der Waals surface area contributed by atoms with E-state index in [4.69, 9.17) is 23.2 Å². The number of rotatable bonds is 8. The average Bonchev–Trinajstić information content (AvgIpc) is 2.93. The Morgan fingerprint density at radius 1 is 1.03 bits per heavy atom. The number of hydrogen-bond donors (Lipinski definition) is 1. The molecule has 2 aromatic rings. The molecule has 6 nitrogen and oxygen atoms in total. The maximum absolute atomic E-state index is 13.5. The summed E-state index contributed by atoms with van der Waals surface area (Å²) in [5.41, 5.74) is 3.36. The molecular formula is C31H38Cl2N4O2. The number of hydrogen-bond acceptors (Lipinski definition) is 3. The van der Waals surface area contributed by atoms with Gasteiger partial charge in [0.1, 0.15) is 0 Å². The number of benzene rings is 2. The number of urea groups is 1. The summed E-state index contributed by atoms with van der Waals surface area (Å²) < 4.78 is 0. The lowest BCUT2D eigenvalue weighted by Crippen LogP contribution is -2.53. The molecule has 3 amide bonds. The summed E-state index contributed by atoms with van der Waals surface area (Å²) in [5, 5.41) is 3.90. The van der Waals surface area contributed by atoms with Crippen LogP contribution < -0.4 is 5.32 Å². The minimum Gasteiger partial charge on any atom is -0.340 e. The summed E-state index contributed by atoms with van der Waals surface area (Å²) in [7, 11) is 0. The van der Waals surface area contributed by atoms with Gasteiger partial charge in [-0.25, -0.2) is 4.79 Å². The molecule has 2 fully saturated rings. The second-order valence-corrected chi connectivity index (χ2v) is 12.5. The Morgan fingerprint density at radius 3 is 2.44 bits per heavy atom. The molecule has 2 unspecified atom stereocenters. The number of amides is 3. The van der Waals surface area contributed by atoms with Gasteiger partial charge in [-0.1, -0.05) is 79.0 Å². The van der Waals surface area contributed by atoms with Crippen LogP contribution in [-0.4, -0.2) is 72.5 Å². The lowest BCUT2D eigenvalue weighted by Gasteiger charge is -2.57. The van der Waals surface area contributed by atoms with Gasteiger partial charge in [-0.15, -0.1) is 0 Å². The third-order valence-electron chi connectivity index (χ3n) is 9.02. The van der Waals surface area contributed by atoms with Gasteiger partial charge in [0.2, 0.25) is 5.91 Å². The molecule has 0 aromatic heterocycles. The van der Waals surface area contributed by atoms with E-state index in [2.05, 4.69) is 30.1 Å². The summed E-state index contributed by atoms with van der Waals surface area (Å²) in [4.78, 5) is 32.5. The molecule has 4 aliphatic rings. The van der Waals surface area contributed by atoms with Crippen molar-refractivity contribution >= 4 is 40.8 Å². The first-order valence-corrected chi connectivity index (χ1v) is 14.7. The molecule has 1 aliphatic heterocycles. The molecule has 1 saturated carbocycles. The predicted octanol–water partition coefficient (Wildman–Crippen LogP) is 6.21. The first kappa shape index (κ1) is 28.0. The molecule has 2 aromatic carbocycles. The number of piperazine rings is 1. The van der Waals surface area contributed by atoms with Gasteiger partial charge in [0, 0.05) is 51.5 Å². The van der Waals surface area contributed by atoms with Crippen LogP contribution in [0.4, 0.5) is 10.5 Å². The summed E-state index contributed by atoms with van der Waals surface area (Å²) >= 11 is 12.3. The quantitative estimate of drug-likeness (QED) is 0.385. The third kappa shape index (κ3) is 6.45. The predicted molar refractivity (Wildman–Crippen MR) is 158 cm³/mol. The highest BCUT2D eigenvalue weighted by Crippen LogP contribution is 2.59. The molecule has 1 saturated heterocycles. The smallest absolute Gasteiger partial charge is 0.322 e. The SMILES string of the molecule is CC1(C)C2CC=C(CN(CCN3CCN(C(=O)Cc4ccccc4)CC3)C(=O)Nc3ccc(Cl)c(Cl)c3)C1C2. The fourth-order valence-electron chi connectivity index (χ4n) is 6.27. The van der Waals surface area contributed by atoms with Gasteiger partial charge < -0.3 is 15.1 Å². The highest BCUT2D eigenvalue weighted by atomic mass is 35.5. The van der Waals surface area contributed by atoms with Crippen LogP contribution in [0.1, 0.15) is 32.3 Å². The lowest BCUT2D eigenvalue weighted by atomic mass is 9.49. The number of nitrogens with one attached hydrogen (secondary N) is 1. The molecular weight excluding hydrogens is 531 g/mol. The van der Waals surface area contributed by atoms with Crippen molar-refractivity contribution in [1.29, 1.82) is 0 Å². The molecule has 1 heterocycles. The molecule has 3 aliphatic carbocycles. The van der Waals surface area contributed by atoms with Crippen LogP contribution in [0, 0.1) is 17.3 Å². The minimum absolute atomic E-state index is 0.134. The Hall–Kier alpha value is -2.54. The zero-order chi connectivity index (χ0) is 27.6. The largest absolute Gasteiger partial charge is 0.340 e. The Labute approximate surface area is 241 Å². The van der Waals surface area contributed by atoms with Gasteiger partial charge in [-0.3, -0.25) is 9.69 Å². The zero-order valence-corrected chi connectivity index (χ0v) is 24.3. The van der Waals surface area contributed by atoms with Crippen molar-refractivity contribution in [3.05, 3.63) is 75.8 Å². The van der Waals surface area contributed by atoms with Crippen LogP contribution in [0.2, 0.25) is 10.0 Å². The maximum atomic E-state index is 13.5. The second-order valence-electron chi connectivity index (χ2n) is 11.7. The third-order valence-corrected chi connectivity index (χ3v) is 9.76. The van der Waals surface area contributed by atoms with Crippen molar-refractivity contribution in [2.24, 2.45) is 17.3 Å². The number of fused-ring (bicyclic) bond motifs is 1. The Kier molecular flexibility index (Phi) is 8.55. The van der Waals surface area contributed by atoms with E-state index in [1.54, 1.807) is 18.2 Å². The normalized spacial score (nSPS) is 22.1. The summed E-state index contributed by atoms with van der Waals surface area (Å²) in [6, 6.07) is 14.9. The Balaban J connectivity index is 1.19. The van der Waals surface area contributed by atoms with E-state index in [9.17, 15) is 9.59 Å². The van der Waals surface area contributed by atoms with Crippen LogP contribution >= 0.6 is 23.2 Å². The standard InChI is InChI=1S/C31H38Cl2N4O2/c1-31(2)24-9-8-23(26(31)19-24)21-37(30(39)34-25-10-11-27(32)28(33)20-25)17-14-35-12-15-36(16-13-35)29(38)18-22-6-4-3-5-7-22/h3-8,10-11,20,24,26H,9,12-19,21H2,1-2H3,(H,34,39). The van der Waals surface area contributed by atoms with Crippen LogP contribution in [0.15, 0.2) is 60.2 Å². The van der Waals surface area contributed by atoms with Crippen LogP contribution in [0.25, 0.3) is 0 Å². The molecule has 1 N–H and O–H groups in total. The van der Waals surface area contributed by atoms with E-state index < -0.39 is 0 Å². The first-order valence-electron chi connectivity index (χ1n) is 13.9. The van der Waals surface area contributed by atoms with E-state index in [0.29, 0.717) is 59.7 Å². The van der Waals surface area contributed by atoms with Gasteiger partial charge in [-0.05, 0) is 53.9 Å². The van der Waals surface area contributed by atoms with E-state index in [1.165, 1.54) is 12.0 Å². The molecule has 8 heteroatoms. The van der Waals surface area contributed by atoms with E-state index in [-0.39, 0.29) is 11.9 Å². The molecule has 6 rings (SSSR count).